The molecule has 0 spiro atoms. The van der Waals surface area contributed by atoms with Crippen LogP contribution in [0.4, 0.5) is 5.82 Å². The van der Waals surface area contributed by atoms with Crippen molar-refractivity contribution in [1.82, 2.24) is 9.97 Å². The summed E-state index contributed by atoms with van der Waals surface area (Å²) in [6.45, 7) is 5.03. The summed E-state index contributed by atoms with van der Waals surface area (Å²) in [6, 6.07) is 1.94. The fraction of sp³-hybridized carbons (Fsp3) is 0.600. The number of aromatic nitrogens is 2. The Balaban J connectivity index is 2.37. The number of hydrogen-bond donors (Lipinski definition) is 1. The quantitative estimate of drug-likeness (QED) is 0.764. The summed E-state index contributed by atoms with van der Waals surface area (Å²) in [5, 5.41) is 3.26. The average Bonchev–Trinajstić information content (AvgIpc) is 2.15. The van der Waals surface area contributed by atoms with E-state index in [9.17, 15) is 0 Å². The van der Waals surface area contributed by atoms with E-state index in [1.165, 1.54) is 0 Å². The zero-order valence-corrected chi connectivity index (χ0v) is 9.38. The van der Waals surface area contributed by atoms with Gasteiger partial charge in [0.2, 0.25) is 0 Å². The van der Waals surface area contributed by atoms with Gasteiger partial charge >= 0.3 is 0 Å². The second-order valence-corrected chi connectivity index (χ2v) is 3.89. The molecule has 78 valence electrons. The Hall–Kier alpha value is -0.830. The standard InChI is InChI=1S/C10H16ClN3/c1-8(3-4-11)6-12-10-5-9(2)13-7-14-10/h5,7-8H,3-4,6H2,1-2H3,(H,12,13,14). The van der Waals surface area contributed by atoms with Crippen molar-refractivity contribution in [2.75, 3.05) is 17.7 Å². The van der Waals surface area contributed by atoms with E-state index in [0.29, 0.717) is 11.8 Å². The highest BCUT2D eigenvalue weighted by atomic mass is 35.5. The molecule has 1 unspecified atom stereocenters. The Morgan fingerprint density at radius 2 is 2.29 bits per heavy atom. The predicted molar refractivity (Wildman–Crippen MR) is 59.8 cm³/mol. The summed E-state index contributed by atoms with van der Waals surface area (Å²) < 4.78 is 0. The summed E-state index contributed by atoms with van der Waals surface area (Å²) in [4.78, 5) is 8.15. The van der Waals surface area contributed by atoms with Crippen LogP contribution in [0.15, 0.2) is 12.4 Å². The van der Waals surface area contributed by atoms with Gasteiger partial charge in [-0.05, 0) is 19.3 Å². The maximum atomic E-state index is 5.65. The van der Waals surface area contributed by atoms with E-state index < -0.39 is 0 Å². The number of halogens is 1. The first-order valence-electron chi connectivity index (χ1n) is 4.81. The fourth-order valence-corrected chi connectivity index (χ4v) is 1.49. The van der Waals surface area contributed by atoms with E-state index >= 15 is 0 Å². The van der Waals surface area contributed by atoms with Crippen molar-refractivity contribution in [3.8, 4) is 0 Å². The largest absolute Gasteiger partial charge is 0.370 e. The van der Waals surface area contributed by atoms with Gasteiger partial charge in [0.1, 0.15) is 12.1 Å². The van der Waals surface area contributed by atoms with Crippen molar-refractivity contribution >= 4 is 17.4 Å². The lowest BCUT2D eigenvalue weighted by Gasteiger charge is -2.11. The smallest absolute Gasteiger partial charge is 0.129 e. The van der Waals surface area contributed by atoms with Crippen LogP contribution in [-0.2, 0) is 0 Å². The minimum Gasteiger partial charge on any atom is -0.370 e. The molecule has 1 N–H and O–H groups in total. The highest BCUT2D eigenvalue weighted by Gasteiger charge is 2.01. The Bertz CT molecular complexity index is 278. The lowest BCUT2D eigenvalue weighted by Crippen LogP contribution is -2.12. The lowest BCUT2D eigenvalue weighted by atomic mass is 10.1. The molecule has 1 aromatic heterocycles. The SMILES string of the molecule is Cc1cc(NCC(C)CCCl)ncn1. The van der Waals surface area contributed by atoms with Crippen molar-refractivity contribution in [3.05, 3.63) is 18.1 Å². The monoisotopic (exact) mass is 213 g/mol. The van der Waals surface area contributed by atoms with Gasteiger partial charge in [0, 0.05) is 24.2 Å². The Kier molecular flexibility index (Phi) is 4.66. The summed E-state index contributed by atoms with van der Waals surface area (Å²) in [7, 11) is 0. The molecule has 4 heteroatoms. The first-order valence-corrected chi connectivity index (χ1v) is 5.34. The van der Waals surface area contributed by atoms with Crippen LogP contribution >= 0.6 is 11.6 Å². The van der Waals surface area contributed by atoms with E-state index in [2.05, 4.69) is 22.2 Å². The first kappa shape index (κ1) is 11.2. The maximum absolute atomic E-state index is 5.65. The molecule has 0 aliphatic rings. The van der Waals surface area contributed by atoms with Crippen LogP contribution < -0.4 is 5.32 Å². The summed E-state index contributed by atoms with van der Waals surface area (Å²) >= 11 is 5.65. The molecule has 14 heavy (non-hydrogen) atoms. The van der Waals surface area contributed by atoms with Gasteiger partial charge in [-0.25, -0.2) is 9.97 Å². The molecular formula is C10H16ClN3. The molecule has 1 heterocycles. The second-order valence-electron chi connectivity index (χ2n) is 3.51. The molecule has 0 aliphatic carbocycles. The van der Waals surface area contributed by atoms with E-state index in [1.54, 1.807) is 6.33 Å². The number of anilines is 1. The summed E-state index contributed by atoms with van der Waals surface area (Å²) in [6.07, 6.45) is 2.60. The molecule has 1 rings (SSSR count). The second kappa shape index (κ2) is 5.81. The number of alkyl halides is 1. The molecule has 1 atom stereocenters. The van der Waals surface area contributed by atoms with Gasteiger partial charge in [-0.3, -0.25) is 0 Å². The van der Waals surface area contributed by atoms with Gasteiger partial charge in [-0.2, -0.15) is 0 Å². The number of hydrogen-bond acceptors (Lipinski definition) is 3. The van der Waals surface area contributed by atoms with Crippen LogP contribution in [0.2, 0.25) is 0 Å². The molecule has 0 bridgehead atoms. The maximum Gasteiger partial charge on any atom is 0.129 e. The van der Waals surface area contributed by atoms with Gasteiger partial charge < -0.3 is 5.32 Å². The highest BCUT2D eigenvalue weighted by molar-refractivity contribution is 6.17. The molecule has 0 fully saturated rings. The zero-order chi connectivity index (χ0) is 10.4. The third-order valence-corrected chi connectivity index (χ3v) is 2.26. The lowest BCUT2D eigenvalue weighted by molar-refractivity contribution is 0.596. The van der Waals surface area contributed by atoms with Crippen LogP contribution in [-0.4, -0.2) is 22.4 Å². The third kappa shape index (κ3) is 3.92. The van der Waals surface area contributed by atoms with E-state index in [4.69, 9.17) is 11.6 Å². The van der Waals surface area contributed by atoms with Gasteiger partial charge in [0.15, 0.2) is 0 Å². The Morgan fingerprint density at radius 3 is 2.93 bits per heavy atom. The molecule has 3 nitrogen and oxygen atoms in total. The van der Waals surface area contributed by atoms with Gasteiger partial charge in [-0.1, -0.05) is 6.92 Å². The molecule has 0 radical (unpaired) electrons. The van der Waals surface area contributed by atoms with E-state index in [-0.39, 0.29) is 0 Å². The normalized spacial score (nSPS) is 12.5. The molecular weight excluding hydrogens is 198 g/mol. The number of aryl methyl sites for hydroxylation is 1. The van der Waals surface area contributed by atoms with Crippen LogP contribution in [0, 0.1) is 12.8 Å². The minimum absolute atomic E-state index is 0.572. The van der Waals surface area contributed by atoms with Crippen LogP contribution in [0.1, 0.15) is 19.0 Å². The molecule has 0 aliphatic heterocycles. The topological polar surface area (TPSA) is 37.8 Å². The van der Waals surface area contributed by atoms with Crippen LogP contribution in [0.3, 0.4) is 0 Å². The summed E-state index contributed by atoms with van der Waals surface area (Å²) in [5.74, 6) is 2.17. The molecule has 0 amide bonds. The Labute approximate surface area is 89.9 Å². The van der Waals surface area contributed by atoms with Gasteiger partial charge in [-0.15, -0.1) is 11.6 Å². The van der Waals surface area contributed by atoms with Crippen LogP contribution in [0.25, 0.3) is 0 Å². The number of nitrogens with one attached hydrogen (secondary N) is 1. The van der Waals surface area contributed by atoms with Gasteiger partial charge in [0.05, 0.1) is 0 Å². The van der Waals surface area contributed by atoms with Gasteiger partial charge in [0.25, 0.3) is 0 Å². The van der Waals surface area contributed by atoms with Crippen molar-refractivity contribution in [2.45, 2.75) is 20.3 Å². The molecule has 0 saturated heterocycles. The number of nitrogens with zero attached hydrogens (tertiary/aromatic N) is 2. The molecule has 0 saturated carbocycles. The highest BCUT2D eigenvalue weighted by Crippen LogP contribution is 2.07. The van der Waals surface area contributed by atoms with Crippen molar-refractivity contribution in [3.63, 3.8) is 0 Å². The van der Waals surface area contributed by atoms with Crippen molar-refractivity contribution in [1.29, 1.82) is 0 Å². The van der Waals surface area contributed by atoms with Crippen LogP contribution in [0.5, 0.6) is 0 Å². The van der Waals surface area contributed by atoms with Crippen molar-refractivity contribution in [2.24, 2.45) is 5.92 Å². The molecule has 0 aromatic carbocycles. The molecule has 1 aromatic rings. The third-order valence-electron chi connectivity index (χ3n) is 2.04. The summed E-state index contributed by atoms with van der Waals surface area (Å²) in [5.41, 5.74) is 0.979. The van der Waals surface area contributed by atoms with E-state index in [0.717, 1.165) is 24.5 Å². The zero-order valence-electron chi connectivity index (χ0n) is 8.63. The van der Waals surface area contributed by atoms with E-state index in [1.807, 2.05) is 13.0 Å². The Morgan fingerprint density at radius 1 is 1.50 bits per heavy atom. The average molecular weight is 214 g/mol. The minimum atomic E-state index is 0.572. The first-order chi connectivity index (χ1) is 6.72. The number of rotatable bonds is 5. The van der Waals surface area contributed by atoms with Crippen molar-refractivity contribution < 1.29 is 0 Å². The fourth-order valence-electron chi connectivity index (χ4n) is 1.12. The predicted octanol–water partition coefficient (Wildman–Crippen LogP) is 2.46.